The van der Waals surface area contributed by atoms with Gasteiger partial charge in [0.15, 0.2) is 0 Å². The first-order chi connectivity index (χ1) is 8.02. The topological polar surface area (TPSA) is 41.6 Å². The lowest BCUT2D eigenvalue weighted by molar-refractivity contribution is -0.133. The molecule has 1 aliphatic heterocycles. The van der Waals surface area contributed by atoms with E-state index in [2.05, 4.69) is 5.32 Å². The minimum Gasteiger partial charge on any atom is -0.374 e. The van der Waals surface area contributed by atoms with Gasteiger partial charge in [-0.05, 0) is 40.0 Å². The van der Waals surface area contributed by atoms with Gasteiger partial charge < -0.3 is 15.0 Å². The van der Waals surface area contributed by atoms with Crippen molar-refractivity contribution >= 4 is 5.91 Å². The van der Waals surface area contributed by atoms with Gasteiger partial charge in [0.1, 0.15) is 0 Å². The summed E-state index contributed by atoms with van der Waals surface area (Å²) in [6.45, 7) is 8.34. The monoisotopic (exact) mass is 240 g/mol. The van der Waals surface area contributed by atoms with E-state index < -0.39 is 0 Å². The van der Waals surface area contributed by atoms with Gasteiger partial charge in [-0.15, -0.1) is 0 Å². The number of likely N-dealkylation sites (tertiary alicyclic amines) is 1. The second-order valence-corrected chi connectivity index (χ2v) is 5.73. The van der Waals surface area contributed by atoms with Crippen LogP contribution in [-0.4, -0.2) is 48.2 Å². The Morgan fingerprint density at radius 3 is 2.71 bits per heavy atom. The number of nitrogens with zero attached hydrogens (tertiary/aromatic N) is 1. The van der Waals surface area contributed by atoms with E-state index >= 15 is 0 Å². The number of carbonyl (C=O) groups excluding carboxylic acids is 1. The molecule has 4 nitrogen and oxygen atoms in total. The minimum absolute atomic E-state index is 0.0555. The van der Waals surface area contributed by atoms with Crippen molar-refractivity contribution in [2.75, 3.05) is 19.7 Å². The van der Waals surface area contributed by atoms with Crippen LogP contribution < -0.4 is 5.32 Å². The van der Waals surface area contributed by atoms with Crippen molar-refractivity contribution in [1.82, 2.24) is 10.2 Å². The highest BCUT2D eigenvalue weighted by Crippen LogP contribution is 2.23. The van der Waals surface area contributed by atoms with Crippen LogP contribution in [0.25, 0.3) is 0 Å². The van der Waals surface area contributed by atoms with Gasteiger partial charge in [0.25, 0.3) is 0 Å². The van der Waals surface area contributed by atoms with E-state index in [1.54, 1.807) is 0 Å². The van der Waals surface area contributed by atoms with Crippen molar-refractivity contribution in [1.29, 1.82) is 0 Å². The molecule has 0 bridgehead atoms. The maximum Gasteiger partial charge on any atom is 0.239 e. The molecule has 0 aromatic heterocycles. The van der Waals surface area contributed by atoms with Crippen molar-refractivity contribution in [3.8, 4) is 0 Å². The Bertz CT molecular complexity index is 287. The van der Waals surface area contributed by atoms with E-state index in [9.17, 15) is 4.79 Å². The van der Waals surface area contributed by atoms with E-state index in [1.165, 1.54) is 12.8 Å². The molecule has 1 N–H and O–H groups in total. The number of carbonyl (C=O) groups is 1. The molecule has 1 atom stereocenters. The van der Waals surface area contributed by atoms with E-state index in [0.717, 1.165) is 13.0 Å². The summed E-state index contributed by atoms with van der Waals surface area (Å²) in [6, 6.07) is 0.656. The van der Waals surface area contributed by atoms with Crippen LogP contribution in [0.15, 0.2) is 0 Å². The highest BCUT2D eigenvalue weighted by molar-refractivity contribution is 5.84. The average Bonchev–Trinajstić information content (AvgIpc) is 2.99. The second kappa shape index (κ2) is 4.94. The third-order valence-corrected chi connectivity index (χ3v) is 3.42. The Hall–Kier alpha value is -0.610. The summed E-state index contributed by atoms with van der Waals surface area (Å²) in [5.41, 5.74) is -0.237. The highest BCUT2D eigenvalue weighted by atomic mass is 16.5. The molecule has 1 saturated heterocycles. The summed E-state index contributed by atoms with van der Waals surface area (Å²) in [4.78, 5) is 14.1. The maximum atomic E-state index is 12.2. The zero-order valence-corrected chi connectivity index (χ0v) is 11.2. The fraction of sp³-hybridized carbons (Fsp3) is 0.923. The van der Waals surface area contributed by atoms with Crippen LogP contribution in [0.1, 0.15) is 40.0 Å². The van der Waals surface area contributed by atoms with Crippen LogP contribution in [0.3, 0.4) is 0 Å². The van der Waals surface area contributed by atoms with Gasteiger partial charge in [-0.3, -0.25) is 4.79 Å². The van der Waals surface area contributed by atoms with Crippen molar-refractivity contribution in [2.45, 2.75) is 57.7 Å². The van der Waals surface area contributed by atoms with Crippen molar-refractivity contribution < 1.29 is 9.53 Å². The number of amides is 1. The summed E-state index contributed by atoms with van der Waals surface area (Å²) in [6.07, 6.45) is 3.40. The van der Waals surface area contributed by atoms with Crippen LogP contribution in [0.2, 0.25) is 0 Å². The van der Waals surface area contributed by atoms with Gasteiger partial charge in [0.2, 0.25) is 5.91 Å². The average molecular weight is 240 g/mol. The number of nitrogens with one attached hydrogen (secondary N) is 1. The summed E-state index contributed by atoms with van der Waals surface area (Å²) in [5, 5.41) is 3.42. The molecule has 17 heavy (non-hydrogen) atoms. The Morgan fingerprint density at radius 1 is 1.41 bits per heavy atom. The largest absolute Gasteiger partial charge is 0.374 e. The standard InChI is InChI=1S/C13H24N2O2/c1-4-17-13(2,3)9-15-8-7-11(12(15)16)14-10-5-6-10/h10-11,14H,4-9H2,1-3H3. The Labute approximate surface area is 104 Å². The number of rotatable bonds is 6. The molecule has 0 spiro atoms. The van der Waals surface area contributed by atoms with E-state index in [-0.39, 0.29) is 17.6 Å². The zero-order valence-electron chi connectivity index (χ0n) is 11.2. The normalized spacial score (nSPS) is 25.7. The van der Waals surface area contributed by atoms with Gasteiger partial charge in [0, 0.05) is 25.7 Å². The van der Waals surface area contributed by atoms with Crippen LogP contribution in [-0.2, 0) is 9.53 Å². The van der Waals surface area contributed by atoms with Gasteiger partial charge >= 0.3 is 0 Å². The lowest BCUT2D eigenvalue weighted by Crippen LogP contribution is -2.45. The minimum atomic E-state index is -0.237. The SMILES string of the molecule is CCOC(C)(C)CN1CCC(NC2CC2)C1=O. The Kier molecular flexibility index (Phi) is 3.73. The smallest absolute Gasteiger partial charge is 0.239 e. The number of hydrogen-bond donors (Lipinski definition) is 1. The highest BCUT2D eigenvalue weighted by Gasteiger charge is 2.37. The molecular weight excluding hydrogens is 216 g/mol. The first-order valence-electron chi connectivity index (χ1n) is 6.70. The molecule has 2 rings (SSSR count). The molecule has 1 heterocycles. The molecule has 2 aliphatic rings. The third kappa shape index (κ3) is 3.42. The van der Waals surface area contributed by atoms with E-state index in [4.69, 9.17) is 4.74 Å². The van der Waals surface area contributed by atoms with Crippen molar-refractivity contribution in [2.24, 2.45) is 0 Å². The van der Waals surface area contributed by atoms with Gasteiger partial charge in [-0.1, -0.05) is 0 Å². The summed E-state index contributed by atoms with van der Waals surface area (Å²) >= 11 is 0. The van der Waals surface area contributed by atoms with E-state index in [1.807, 2.05) is 25.7 Å². The molecular formula is C13H24N2O2. The van der Waals surface area contributed by atoms with Crippen molar-refractivity contribution in [3.05, 3.63) is 0 Å². The summed E-state index contributed by atoms with van der Waals surface area (Å²) in [7, 11) is 0. The van der Waals surface area contributed by atoms with Crippen LogP contribution in [0.5, 0.6) is 0 Å². The second-order valence-electron chi connectivity index (χ2n) is 5.73. The first-order valence-corrected chi connectivity index (χ1v) is 6.70. The third-order valence-electron chi connectivity index (χ3n) is 3.42. The summed E-state index contributed by atoms with van der Waals surface area (Å²) in [5.74, 6) is 0.254. The Balaban J connectivity index is 1.83. The van der Waals surface area contributed by atoms with Crippen LogP contribution >= 0.6 is 0 Å². The zero-order chi connectivity index (χ0) is 12.5. The molecule has 0 aromatic carbocycles. The fourth-order valence-corrected chi connectivity index (χ4v) is 2.48. The van der Waals surface area contributed by atoms with Gasteiger partial charge in [-0.2, -0.15) is 0 Å². The van der Waals surface area contributed by atoms with Gasteiger partial charge in [-0.25, -0.2) is 0 Å². The number of ether oxygens (including phenoxy) is 1. The quantitative estimate of drug-likeness (QED) is 0.757. The molecule has 0 radical (unpaired) electrons. The molecule has 98 valence electrons. The summed E-state index contributed by atoms with van der Waals surface area (Å²) < 4.78 is 5.65. The molecule has 1 amide bonds. The molecule has 1 unspecified atom stereocenters. The van der Waals surface area contributed by atoms with Crippen LogP contribution in [0, 0.1) is 0 Å². The van der Waals surface area contributed by atoms with Crippen LogP contribution in [0.4, 0.5) is 0 Å². The molecule has 0 aromatic rings. The first kappa shape index (κ1) is 12.8. The molecule has 1 saturated carbocycles. The lowest BCUT2D eigenvalue weighted by Gasteiger charge is -2.30. The fourth-order valence-electron chi connectivity index (χ4n) is 2.48. The number of hydrogen-bond acceptors (Lipinski definition) is 3. The Morgan fingerprint density at radius 2 is 2.12 bits per heavy atom. The van der Waals surface area contributed by atoms with E-state index in [0.29, 0.717) is 19.2 Å². The van der Waals surface area contributed by atoms with Gasteiger partial charge in [0.05, 0.1) is 11.6 Å². The predicted octanol–water partition coefficient (Wildman–Crippen LogP) is 1.15. The molecule has 2 fully saturated rings. The predicted molar refractivity (Wildman–Crippen MR) is 66.8 cm³/mol. The molecule has 4 heteroatoms. The molecule has 1 aliphatic carbocycles. The maximum absolute atomic E-state index is 12.2. The van der Waals surface area contributed by atoms with Crippen molar-refractivity contribution in [3.63, 3.8) is 0 Å². The lowest BCUT2D eigenvalue weighted by atomic mass is 10.1.